The van der Waals surface area contributed by atoms with Gasteiger partial charge in [0.15, 0.2) is 5.13 Å². The second kappa shape index (κ2) is 6.71. The highest BCUT2D eigenvalue weighted by atomic mass is 32.1. The zero-order valence-electron chi connectivity index (χ0n) is 11.8. The summed E-state index contributed by atoms with van der Waals surface area (Å²) in [5.74, 6) is 0. The van der Waals surface area contributed by atoms with Gasteiger partial charge in [-0.1, -0.05) is 17.4 Å². The Kier molecular flexibility index (Phi) is 4.49. The number of rotatable bonds is 5. The first-order valence-corrected chi connectivity index (χ1v) is 8.43. The SMILES string of the molecule is O=C(NCCc1cccs1)Nc1nc2ccc([N+](=O)[O-])cc2s1. The molecule has 0 aliphatic carbocycles. The molecule has 0 spiro atoms. The van der Waals surface area contributed by atoms with Crippen LogP contribution in [0.15, 0.2) is 35.7 Å². The molecule has 3 aromatic rings. The Morgan fingerprint density at radius 1 is 1.35 bits per heavy atom. The second-order valence-electron chi connectivity index (χ2n) is 4.64. The van der Waals surface area contributed by atoms with Crippen LogP contribution < -0.4 is 10.6 Å². The first kappa shape index (κ1) is 15.4. The smallest absolute Gasteiger partial charge is 0.321 e. The molecule has 0 saturated heterocycles. The Bertz CT molecular complexity index is 845. The van der Waals surface area contributed by atoms with Gasteiger partial charge in [0.2, 0.25) is 0 Å². The summed E-state index contributed by atoms with van der Waals surface area (Å²) in [5.41, 5.74) is 0.627. The predicted octanol–water partition coefficient (Wildman–Crippen LogP) is 3.63. The van der Waals surface area contributed by atoms with Crippen molar-refractivity contribution in [3.05, 3.63) is 50.7 Å². The van der Waals surface area contributed by atoms with E-state index in [1.54, 1.807) is 17.4 Å². The Balaban J connectivity index is 1.59. The molecular formula is C14H12N4O3S2. The molecule has 0 radical (unpaired) electrons. The molecule has 0 fully saturated rings. The molecule has 0 aliphatic rings. The molecule has 0 aliphatic heterocycles. The van der Waals surface area contributed by atoms with Crippen molar-refractivity contribution in [3.63, 3.8) is 0 Å². The summed E-state index contributed by atoms with van der Waals surface area (Å²) in [6.07, 6.45) is 0.775. The van der Waals surface area contributed by atoms with Crippen molar-refractivity contribution in [2.24, 2.45) is 0 Å². The fraction of sp³-hybridized carbons (Fsp3) is 0.143. The number of carbonyl (C=O) groups is 1. The van der Waals surface area contributed by atoms with Crippen LogP contribution in [0.2, 0.25) is 0 Å². The summed E-state index contributed by atoms with van der Waals surface area (Å²) < 4.78 is 0.660. The number of nitrogens with one attached hydrogen (secondary N) is 2. The van der Waals surface area contributed by atoms with Crippen LogP contribution in [0.4, 0.5) is 15.6 Å². The molecule has 0 saturated carbocycles. The number of urea groups is 1. The first-order chi connectivity index (χ1) is 11.1. The largest absolute Gasteiger partial charge is 0.337 e. The normalized spacial score (nSPS) is 10.6. The van der Waals surface area contributed by atoms with E-state index in [2.05, 4.69) is 15.6 Å². The number of nitrogens with zero attached hydrogens (tertiary/aromatic N) is 2. The van der Waals surface area contributed by atoms with Crippen LogP contribution in [0.25, 0.3) is 10.2 Å². The Morgan fingerprint density at radius 2 is 2.22 bits per heavy atom. The second-order valence-corrected chi connectivity index (χ2v) is 6.70. The average molecular weight is 348 g/mol. The van der Waals surface area contributed by atoms with Gasteiger partial charge in [-0.2, -0.15) is 0 Å². The number of nitro groups is 1. The molecule has 3 rings (SSSR count). The molecule has 0 bridgehead atoms. The molecule has 2 heterocycles. The lowest BCUT2D eigenvalue weighted by Crippen LogP contribution is -2.30. The number of thiazole rings is 1. The van der Waals surface area contributed by atoms with Crippen molar-refractivity contribution >= 4 is 49.7 Å². The number of fused-ring (bicyclic) bond motifs is 1. The molecule has 2 N–H and O–H groups in total. The molecule has 9 heteroatoms. The van der Waals surface area contributed by atoms with Gasteiger partial charge in [0.05, 0.1) is 15.1 Å². The highest BCUT2D eigenvalue weighted by Gasteiger charge is 2.11. The minimum atomic E-state index is -0.455. The van der Waals surface area contributed by atoms with Gasteiger partial charge in [-0.3, -0.25) is 15.4 Å². The van der Waals surface area contributed by atoms with Gasteiger partial charge >= 0.3 is 6.03 Å². The van der Waals surface area contributed by atoms with E-state index in [1.165, 1.54) is 28.3 Å². The number of thiophene rings is 1. The number of aromatic nitrogens is 1. The van der Waals surface area contributed by atoms with Gasteiger partial charge in [-0.05, 0) is 23.9 Å². The molecule has 7 nitrogen and oxygen atoms in total. The number of amides is 2. The summed E-state index contributed by atoms with van der Waals surface area (Å²) >= 11 is 2.85. The quantitative estimate of drug-likeness (QED) is 0.543. The van der Waals surface area contributed by atoms with Crippen molar-refractivity contribution in [3.8, 4) is 0 Å². The van der Waals surface area contributed by atoms with Crippen molar-refractivity contribution in [2.75, 3.05) is 11.9 Å². The Labute approximate surface area is 139 Å². The lowest BCUT2D eigenvalue weighted by Gasteiger charge is -2.03. The van der Waals surface area contributed by atoms with Crippen molar-refractivity contribution in [1.29, 1.82) is 0 Å². The number of benzene rings is 1. The minimum Gasteiger partial charge on any atom is -0.337 e. The van der Waals surface area contributed by atoms with E-state index in [-0.39, 0.29) is 11.7 Å². The zero-order chi connectivity index (χ0) is 16.2. The van der Waals surface area contributed by atoms with Gasteiger partial charge in [0.25, 0.3) is 5.69 Å². The van der Waals surface area contributed by atoms with E-state index in [1.807, 2.05) is 17.5 Å². The topological polar surface area (TPSA) is 97.2 Å². The number of non-ortho nitro benzene ring substituents is 1. The van der Waals surface area contributed by atoms with Crippen LogP contribution in [0.5, 0.6) is 0 Å². The standard InChI is InChI=1S/C14H12N4O3S2/c19-13(15-6-5-10-2-1-7-22-10)17-14-16-11-4-3-9(18(20)21)8-12(11)23-14/h1-4,7-8H,5-6H2,(H2,15,16,17,19). The number of carbonyl (C=O) groups excluding carboxylic acids is 1. The van der Waals surface area contributed by atoms with Crippen molar-refractivity contribution in [1.82, 2.24) is 10.3 Å². The van der Waals surface area contributed by atoms with Gasteiger partial charge in [0, 0.05) is 23.6 Å². The molecule has 23 heavy (non-hydrogen) atoms. The Hall–Kier alpha value is -2.52. The first-order valence-electron chi connectivity index (χ1n) is 6.74. The lowest BCUT2D eigenvalue weighted by molar-refractivity contribution is -0.384. The van der Waals surface area contributed by atoms with Crippen LogP contribution in [0.1, 0.15) is 4.88 Å². The molecule has 118 valence electrons. The molecule has 2 aromatic heterocycles. The molecule has 2 amide bonds. The third kappa shape index (κ3) is 3.82. The van der Waals surface area contributed by atoms with Gasteiger partial charge in [-0.15, -0.1) is 11.3 Å². The van der Waals surface area contributed by atoms with E-state index in [0.717, 1.165) is 6.42 Å². The highest BCUT2D eigenvalue weighted by molar-refractivity contribution is 7.22. The van der Waals surface area contributed by atoms with Crippen LogP contribution in [-0.4, -0.2) is 22.5 Å². The average Bonchev–Trinajstić information content (AvgIpc) is 3.14. The van der Waals surface area contributed by atoms with Crippen molar-refractivity contribution < 1.29 is 9.72 Å². The lowest BCUT2D eigenvalue weighted by atomic mass is 10.3. The van der Waals surface area contributed by atoms with Crippen LogP contribution in [-0.2, 0) is 6.42 Å². The van der Waals surface area contributed by atoms with E-state index in [9.17, 15) is 14.9 Å². The fourth-order valence-corrected chi connectivity index (χ4v) is 3.58. The number of nitro benzene ring substituents is 1. The predicted molar refractivity (Wildman–Crippen MR) is 91.3 cm³/mol. The fourth-order valence-electron chi connectivity index (χ4n) is 1.98. The molecular weight excluding hydrogens is 336 g/mol. The summed E-state index contributed by atoms with van der Waals surface area (Å²) in [4.78, 5) is 27.6. The van der Waals surface area contributed by atoms with Crippen LogP contribution >= 0.6 is 22.7 Å². The summed E-state index contributed by atoms with van der Waals surface area (Å²) in [6.45, 7) is 0.530. The van der Waals surface area contributed by atoms with E-state index in [4.69, 9.17) is 0 Å². The van der Waals surface area contributed by atoms with Gasteiger partial charge < -0.3 is 5.32 Å². The van der Waals surface area contributed by atoms with Gasteiger partial charge in [0.1, 0.15) is 0 Å². The molecule has 0 atom stereocenters. The summed E-state index contributed by atoms with van der Waals surface area (Å²) in [5, 5.41) is 18.6. The van der Waals surface area contributed by atoms with Crippen molar-refractivity contribution in [2.45, 2.75) is 6.42 Å². The number of hydrogen-bond acceptors (Lipinski definition) is 6. The molecule has 0 unspecified atom stereocenters. The van der Waals surface area contributed by atoms with E-state index < -0.39 is 4.92 Å². The number of hydrogen-bond donors (Lipinski definition) is 2. The number of anilines is 1. The third-order valence-electron chi connectivity index (χ3n) is 3.04. The van der Waals surface area contributed by atoms with E-state index >= 15 is 0 Å². The zero-order valence-corrected chi connectivity index (χ0v) is 13.4. The highest BCUT2D eigenvalue weighted by Crippen LogP contribution is 2.28. The third-order valence-corrected chi connectivity index (χ3v) is 4.91. The summed E-state index contributed by atoms with van der Waals surface area (Å²) in [7, 11) is 0. The Morgan fingerprint density at radius 3 is 2.96 bits per heavy atom. The monoisotopic (exact) mass is 348 g/mol. The molecule has 1 aromatic carbocycles. The van der Waals surface area contributed by atoms with Crippen LogP contribution in [0.3, 0.4) is 0 Å². The maximum Gasteiger partial charge on any atom is 0.321 e. The minimum absolute atomic E-state index is 0.00750. The van der Waals surface area contributed by atoms with Crippen LogP contribution in [0, 0.1) is 10.1 Å². The van der Waals surface area contributed by atoms with E-state index in [0.29, 0.717) is 21.9 Å². The van der Waals surface area contributed by atoms with Gasteiger partial charge in [-0.25, -0.2) is 9.78 Å². The maximum atomic E-state index is 11.8. The summed E-state index contributed by atoms with van der Waals surface area (Å²) in [6, 6.07) is 8.07. The maximum absolute atomic E-state index is 11.8.